The number of rotatable bonds is 5. The van der Waals surface area contributed by atoms with Crippen molar-refractivity contribution < 1.29 is 4.52 Å². The number of thiophene rings is 1. The van der Waals surface area contributed by atoms with E-state index in [0.717, 1.165) is 18.2 Å². The maximum absolute atomic E-state index is 4.86. The van der Waals surface area contributed by atoms with Gasteiger partial charge in [0.15, 0.2) is 5.96 Å². The van der Waals surface area contributed by atoms with Crippen LogP contribution in [0.25, 0.3) is 0 Å². The van der Waals surface area contributed by atoms with E-state index in [-0.39, 0.29) is 29.4 Å². The van der Waals surface area contributed by atoms with E-state index in [0.29, 0.717) is 6.54 Å². The molecule has 1 N–H and O–H groups in total. The Balaban J connectivity index is 0.00000242. The van der Waals surface area contributed by atoms with Crippen molar-refractivity contribution in [1.82, 2.24) is 15.4 Å². The standard InChI is InChI=1S/C15H22N4OS.HI/c1-15(2,13-6-5-9-21-13)11-17-14(16-3)19(4)10-12-7-8-20-18-12;/h5-9H,10-11H2,1-4H3,(H,16,17);1H. The van der Waals surface area contributed by atoms with Crippen molar-refractivity contribution in [1.29, 1.82) is 0 Å². The van der Waals surface area contributed by atoms with Gasteiger partial charge in [-0.2, -0.15) is 0 Å². The van der Waals surface area contributed by atoms with Gasteiger partial charge in [-0.3, -0.25) is 4.99 Å². The molecule has 0 saturated heterocycles. The molecule has 0 atom stereocenters. The third-order valence-electron chi connectivity index (χ3n) is 3.34. The second-order valence-electron chi connectivity index (χ2n) is 5.61. The lowest BCUT2D eigenvalue weighted by Crippen LogP contribution is -2.43. The molecule has 2 rings (SSSR count). The molecule has 2 aromatic heterocycles. The van der Waals surface area contributed by atoms with E-state index in [1.54, 1.807) is 24.6 Å². The van der Waals surface area contributed by atoms with Gasteiger partial charge in [0.25, 0.3) is 0 Å². The van der Waals surface area contributed by atoms with Crippen molar-refractivity contribution in [2.24, 2.45) is 4.99 Å². The Morgan fingerprint density at radius 3 is 2.77 bits per heavy atom. The number of nitrogens with zero attached hydrogens (tertiary/aromatic N) is 3. The first-order valence-corrected chi connectivity index (χ1v) is 7.76. The molecule has 0 aliphatic rings. The zero-order chi connectivity index (χ0) is 15.3. The second-order valence-corrected chi connectivity index (χ2v) is 6.56. The molecular weight excluding hydrogens is 411 g/mol. The molecule has 2 aromatic rings. The summed E-state index contributed by atoms with van der Waals surface area (Å²) in [7, 11) is 3.78. The molecule has 2 heterocycles. The van der Waals surface area contributed by atoms with Gasteiger partial charge in [0, 0.05) is 37.0 Å². The number of hydrogen-bond donors (Lipinski definition) is 1. The van der Waals surface area contributed by atoms with Gasteiger partial charge in [0.1, 0.15) is 12.0 Å². The smallest absolute Gasteiger partial charge is 0.193 e. The minimum atomic E-state index is 0. The Kier molecular flexibility index (Phi) is 7.34. The van der Waals surface area contributed by atoms with Crippen LogP contribution in [0.1, 0.15) is 24.4 Å². The molecule has 0 unspecified atom stereocenters. The highest BCUT2D eigenvalue weighted by Crippen LogP contribution is 2.26. The molecule has 0 bridgehead atoms. The average molecular weight is 434 g/mol. The van der Waals surface area contributed by atoms with Crippen LogP contribution in [0.3, 0.4) is 0 Å². The Hall–Kier alpha value is -1.09. The summed E-state index contributed by atoms with van der Waals surface area (Å²) in [6.07, 6.45) is 1.58. The summed E-state index contributed by atoms with van der Waals surface area (Å²) >= 11 is 1.79. The van der Waals surface area contributed by atoms with Crippen LogP contribution >= 0.6 is 35.3 Å². The Labute approximate surface area is 152 Å². The van der Waals surface area contributed by atoms with E-state index in [1.165, 1.54) is 4.88 Å². The molecular formula is C15H23IN4OS. The number of aromatic nitrogens is 1. The third-order valence-corrected chi connectivity index (χ3v) is 4.58. The predicted octanol–water partition coefficient (Wildman–Crippen LogP) is 3.34. The minimum absolute atomic E-state index is 0. The van der Waals surface area contributed by atoms with Gasteiger partial charge < -0.3 is 14.7 Å². The summed E-state index contributed by atoms with van der Waals surface area (Å²) in [5.41, 5.74) is 0.955. The van der Waals surface area contributed by atoms with Gasteiger partial charge in [-0.1, -0.05) is 25.1 Å². The van der Waals surface area contributed by atoms with Gasteiger partial charge in [-0.15, -0.1) is 35.3 Å². The quantitative estimate of drug-likeness (QED) is 0.446. The van der Waals surface area contributed by atoms with Crippen LogP contribution in [0.5, 0.6) is 0 Å². The van der Waals surface area contributed by atoms with Crippen molar-refractivity contribution in [3.63, 3.8) is 0 Å². The fourth-order valence-electron chi connectivity index (χ4n) is 2.07. The van der Waals surface area contributed by atoms with Gasteiger partial charge >= 0.3 is 0 Å². The molecule has 0 fully saturated rings. The molecule has 0 aliphatic heterocycles. The largest absolute Gasteiger partial charge is 0.364 e. The monoisotopic (exact) mass is 434 g/mol. The molecule has 0 aliphatic carbocycles. The number of halogens is 1. The summed E-state index contributed by atoms with van der Waals surface area (Å²) in [5.74, 6) is 0.850. The summed E-state index contributed by atoms with van der Waals surface area (Å²) in [6.45, 7) is 5.95. The summed E-state index contributed by atoms with van der Waals surface area (Å²) in [4.78, 5) is 7.72. The molecule has 5 nitrogen and oxygen atoms in total. The van der Waals surface area contributed by atoms with Gasteiger partial charge in [-0.25, -0.2) is 0 Å². The highest BCUT2D eigenvalue weighted by atomic mass is 127. The molecule has 0 amide bonds. The van der Waals surface area contributed by atoms with E-state index in [2.05, 4.69) is 46.8 Å². The van der Waals surface area contributed by atoms with Crippen LogP contribution in [0.15, 0.2) is 39.4 Å². The number of hydrogen-bond acceptors (Lipinski definition) is 4. The van der Waals surface area contributed by atoms with Gasteiger partial charge in [0.2, 0.25) is 0 Å². The molecule has 0 spiro atoms. The maximum Gasteiger partial charge on any atom is 0.193 e. The average Bonchev–Trinajstić information content (AvgIpc) is 3.12. The third kappa shape index (κ3) is 4.98. The van der Waals surface area contributed by atoms with Crippen LogP contribution < -0.4 is 5.32 Å². The number of nitrogens with one attached hydrogen (secondary N) is 1. The summed E-state index contributed by atoms with van der Waals surface area (Å²) in [6, 6.07) is 6.13. The molecule has 0 radical (unpaired) electrons. The summed E-state index contributed by atoms with van der Waals surface area (Å²) in [5, 5.41) is 9.47. The first-order valence-electron chi connectivity index (χ1n) is 6.88. The molecule has 0 aromatic carbocycles. The number of guanidine groups is 1. The Morgan fingerprint density at radius 1 is 1.45 bits per heavy atom. The predicted molar refractivity (Wildman–Crippen MR) is 102 cm³/mol. The van der Waals surface area contributed by atoms with E-state index in [4.69, 9.17) is 4.52 Å². The van der Waals surface area contributed by atoms with Crippen molar-refractivity contribution in [3.05, 3.63) is 40.4 Å². The lowest BCUT2D eigenvalue weighted by atomic mass is 9.91. The number of aliphatic imine (C=N–C) groups is 1. The highest BCUT2D eigenvalue weighted by molar-refractivity contribution is 14.0. The van der Waals surface area contributed by atoms with Crippen LogP contribution in [-0.2, 0) is 12.0 Å². The van der Waals surface area contributed by atoms with Crippen LogP contribution in [0.2, 0.25) is 0 Å². The Morgan fingerprint density at radius 2 is 2.23 bits per heavy atom. The fourth-order valence-corrected chi connectivity index (χ4v) is 2.92. The van der Waals surface area contributed by atoms with Crippen molar-refractivity contribution in [2.45, 2.75) is 25.8 Å². The van der Waals surface area contributed by atoms with E-state index in [1.807, 2.05) is 18.0 Å². The first-order chi connectivity index (χ1) is 10.0. The molecule has 122 valence electrons. The fraction of sp³-hybridized carbons (Fsp3) is 0.467. The Bertz CT molecular complexity index is 566. The lowest BCUT2D eigenvalue weighted by Gasteiger charge is -2.27. The van der Waals surface area contributed by atoms with Crippen molar-refractivity contribution in [3.8, 4) is 0 Å². The van der Waals surface area contributed by atoms with Crippen LogP contribution in [0.4, 0.5) is 0 Å². The SMILES string of the molecule is CN=C(NCC(C)(C)c1cccs1)N(C)Cc1ccon1.I. The first kappa shape index (κ1) is 19.0. The zero-order valence-electron chi connectivity index (χ0n) is 13.4. The van der Waals surface area contributed by atoms with Gasteiger partial charge in [0.05, 0.1) is 6.54 Å². The van der Waals surface area contributed by atoms with Crippen LogP contribution in [0, 0.1) is 0 Å². The molecule has 0 saturated carbocycles. The zero-order valence-corrected chi connectivity index (χ0v) is 16.5. The maximum atomic E-state index is 4.86. The van der Waals surface area contributed by atoms with Gasteiger partial charge in [-0.05, 0) is 11.4 Å². The normalized spacial score (nSPS) is 11.9. The lowest BCUT2D eigenvalue weighted by molar-refractivity contribution is 0.389. The van der Waals surface area contributed by atoms with Crippen molar-refractivity contribution >= 4 is 41.3 Å². The second kappa shape index (κ2) is 8.52. The van der Waals surface area contributed by atoms with E-state index in [9.17, 15) is 0 Å². The van der Waals surface area contributed by atoms with Crippen molar-refractivity contribution in [2.75, 3.05) is 20.6 Å². The minimum Gasteiger partial charge on any atom is -0.364 e. The topological polar surface area (TPSA) is 53.7 Å². The highest BCUT2D eigenvalue weighted by Gasteiger charge is 2.22. The van der Waals surface area contributed by atoms with Crippen LogP contribution in [-0.4, -0.2) is 36.7 Å². The van der Waals surface area contributed by atoms with E-state index < -0.39 is 0 Å². The molecule has 22 heavy (non-hydrogen) atoms. The summed E-state index contributed by atoms with van der Waals surface area (Å²) < 4.78 is 4.86. The molecule has 7 heteroatoms. The van der Waals surface area contributed by atoms with E-state index >= 15 is 0 Å².